The average molecular weight is 338 g/mol. The Hall–Kier alpha value is -3.39. The van der Waals surface area contributed by atoms with Gasteiger partial charge in [-0.1, -0.05) is 18.2 Å². The minimum absolute atomic E-state index is 0.114. The fourth-order valence-corrected chi connectivity index (χ4v) is 2.30. The van der Waals surface area contributed by atoms with Gasteiger partial charge in [-0.25, -0.2) is 10.0 Å². The van der Waals surface area contributed by atoms with Crippen LogP contribution >= 0.6 is 0 Å². The number of ether oxygens (including phenoxy) is 1. The number of aliphatic hydroxyl groups excluding tert-OH is 1. The lowest BCUT2D eigenvalue weighted by atomic mass is 10.2. The Morgan fingerprint density at radius 3 is 2.64 bits per heavy atom. The van der Waals surface area contributed by atoms with Crippen molar-refractivity contribution in [1.82, 2.24) is 0 Å². The summed E-state index contributed by atoms with van der Waals surface area (Å²) in [6, 6.07) is 12.5. The molecular weight excluding hydrogens is 320 g/mol. The average Bonchev–Trinajstić information content (AvgIpc) is 2.97. The SMILES string of the molecule is N=C1C(=Nc2cc(OCCO)c(N)cc2N)C=NN1c1ccccc1. The zero-order valence-electron chi connectivity index (χ0n) is 13.4. The summed E-state index contributed by atoms with van der Waals surface area (Å²) < 4.78 is 5.37. The summed E-state index contributed by atoms with van der Waals surface area (Å²) in [6.45, 7) is -0.0137. The highest BCUT2D eigenvalue weighted by atomic mass is 16.5. The van der Waals surface area contributed by atoms with Crippen LogP contribution in [0.2, 0.25) is 0 Å². The molecule has 0 radical (unpaired) electrons. The number of aliphatic hydroxyl groups is 1. The van der Waals surface area contributed by atoms with Gasteiger partial charge in [0.1, 0.15) is 18.1 Å². The van der Waals surface area contributed by atoms with Crippen molar-refractivity contribution in [2.75, 3.05) is 29.7 Å². The Morgan fingerprint density at radius 2 is 1.92 bits per heavy atom. The molecule has 2 aromatic carbocycles. The quantitative estimate of drug-likeness (QED) is 0.617. The Balaban J connectivity index is 1.89. The fraction of sp³-hybridized carbons (Fsp3) is 0.118. The molecule has 6 N–H and O–H groups in total. The first-order chi connectivity index (χ1) is 12.1. The van der Waals surface area contributed by atoms with Gasteiger partial charge in [-0.3, -0.25) is 5.41 Å². The molecule has 25 heavy (non-hydrogen) atoms. The lowest BCUT2D eigenvalue weighted by Gasteiger charge is -2.14. The molecule has 0 saturated carbocycles. The maximum Gasteiger partial charge on any atom is 0.174 e. The molecule has 0 atom stereocenters. The summed E-state index contributed by atoms with van der Waals surface area (Å²) in [5.74, 6) is 0.518. The van der Waals surface area contributed by atoms with E-state index in [0.717, 1.165) is 5.69 Å². The number of benzene rings is 2. The molecule has 0 amide bonds. The van der Waals surface area contributed by atoms with E-state index in [1.165, 1.54) is 17.3 Å². The predicted octanol–water partition coefficient (Wildman–Crippen LogP) is 1.78. The second-order valence-corrected chi connectivity index (χ2v) is 5.26. The zero-order valence-corrected chi connectivity index (χ0v) is 13.4. The van der Waals surface area contributed by atoms with Crippen LogP contribution in [0.5, 0.6) is 5.75 Å². The fourth-order valence-electron chi connectivity index (χ4n) is 2.30. The molecular formula is C17H18N6O2. The minimum Gasteiger partial charge on any atom is -0.489 e. The Bertz CT molecular complexity index is 848. The van der Waals surface area contributed by atoms with Crippen LogP contribution in [0.25, 0.3) is 0 Å². The lowest BCUT2D eigenvalue weighted by molar-refractivity contribution is 0.202. The number of nitrogens with two attached hydrogens (primary N) is 2. The third-order valence-electron chi connectivity index (χ3n) is 3.50. The van der Waals surface area contributed by atoms with E-state index in [-0.39, 0.29) is 19.0 Å². The van der Waals surface area contributed by atoms with Gasteiger partial charge in [0.2, 0.25) is 0 Å². The van der Waals surface area contributed by atoms with Gasteiger partial charge < -0.3 is 21.3 Å². The number of anilines is 3. The van der Waals surface area contributed by atoms with Crippen LogP contribution in [0.15, 0.2) is 52.6 Å². The molecule has 2 aromatic rings. The van der Waals surface area contributed by atoms with E-state index >= 15 is 0 Å². The van der Waals surface area contributed by atoms with Crippen molar-refractivity contribution in [2.24, 2.45) is 10.1 Å². The van der Waals surface area contributed by atoms with Crippen molar-refractivity contribution in [3.05, 3.63) is 42.5 Å². The third kappa shape index (κ3) is 3.43. The Morgan fingerprint density at radius 1 is 1.16 bits per heavy atom. The highest BCUT2D eigenvalue weighted by Gasteiger charge is 2.22. The van der Waals surface area contributed by atoms with E-state index in [0.29, 0.717) is 28.5 Å². The minimum atomic E-state index is -0.128. The number of nitrogens with zero attached hydrogens (tertiary/aromatic N) is 3. The maximum absolute atomic E-state index is 8.88. The molecule has 1 heterocycles. The second kappa shape index (κ2) is 7.02. The highest BCUT2D eigenvalue weighted by Crippen LogP contribution is 2.33. The molecule has 0 bridgehead atoms. The summed E-state index contributed by atoms with van der Waals surface area (Å²) in [5, 5.41) is 22.8. The number of para-hydroxylation sites is 1. The highest BCUT2D eigenvalue weighted by molar-refractivity contribution is 6.67. The summed E-state index contributed by atoms with van der Waals surface area (Å²) in [5.41, 5.74) is 14.1. The Kier molecular flexibility index (Phi) is 4.62. The van der Waals surface area contributed by atoms with Crippen LogP contribution in [0, 0.1) is 5.41 Å². The normalized spacial score (nSPS) is 15.2. The van der Waals surface area contributed by atoms with E-state index in [4.69, 9.17) is 26.7 Å². The summed E-state index contributed by atoms with van der Waals surface area (Å²) in [7, 11) is 0. The molecule has 0 spiro atoms. The van der Waals surface area contributed by atoms with E-state index in [1.54, 1.807) is 6.07 Å². The summed E-state index contributed by atoms with van der Waals surface area (Å²) in [6.07, 6.45) is 1.50. The number of rotatable bonds is 5. The van der Waals surface area contributed by atoms with Crippen LogP contribution in [0.4, 0.5) is 22.7 Å². The molecule has 1 aliphatic heterocycles. The van der Waals surface area contributed by atoms with Crippen LogP contribution in [0.1, 0.15) is 0 Å². The van der Waals surface area contributed by atoms with Crippen molar-refractivity contribution in [3.8, 4) is 5.75 Å². The molecule has 3 rings (SSSR count). The lowest BCUT2D eigenvalue weighted by Crippen LogP contribution is -2.25. The van der Waals surface area contributed by atoms with E-state index in [2.05, 4.69) is 10.1 Å². The van der Waals surface area contributed by atoms with Gasteiger partial charge >= 0.3 is 0 Å². The molecule has 0 aromatic heterocycles. The molecule has 0 aliphatic carbocycles. The van der Waals surface area contributed by atoms with E-state index < -0.39 is 0 Å². The number of nitrogens with one attached hydrogen (secondary N) is 1. The zero-order chi connectivity index (χ0) is 17.8. The van der Waals surface area contributed by atoms with Crippen molar-refractivity contribution >= 4 is 40.5 Å². The topological polar surface area (TPSA) is 133 Å². The maximum atomic E-state index is 8.88. The number of hydrogen-bond donors (Lipinski definition) is 4. The van der Waals surface area contributed by atoms with E-state index in [1.807, 2.05) is 30.3 Å². The molecule has 8 heteroatoms. The van der Waals surface area contributed by atoms with Gasteiger partial charge in [-0.15, -0.1) is 0 Å². The first-order valence-corrected chi connectivity index (χ1v) is 7.59. The largest absolute Gasteiger partial charge is 0.489 e. The predicted molar refractivity (Wildman–Crippen MR) is 100 cm³/mol. The van der Waals surface area contributed by atoms with Crippen LogP contribution in [-0.4, -0.2) is 36.1 Å². The summed E-state index contributed by atoms with van der Waals surface area (Å²) >= 11 is 0. The van der Waals surface area contributed by atoms with Crippen molar-refractivity contribution < 1.29 is 9.84 Å². The number of hydrazone groups is 1. The van der Waals surface area contributed by atoms with Crippen molar-refractivity contribution in [2.45, 2.75) is 0 Å². The van der Waals surface area contributed by atoms with Crippen LogP contribution in [0.3, 0.4) is 0 Å². The number of aliphatic imine (C=N–C) groups is 1. The Labute approximate surface area is 144 Å². The smallest absolute Gasteiger partial charge is 0.174 e. The van der Waals surface area contributed by atoms with Gasteiger partial charge in [0.25, 0.3) is 0 Å². The molecule has 1 aliphatic rings. The standard InChI is InChI=1S/C17H18N6O2/c18-12-8-13(19)16(25-7-6-24)9-14(12)22-15-10-21-23(17(15)20)11-4-2-1-3-5-11/h1-5,8-10,20,24H,6-7,18-19H2. The number of nitrogen functional groups attached to an aromatic ring is 2. The van der Waals surface area contributed by atoms with Gasteiger partial charge in [0.15, 0.2) is 5.84 Å². The molecule has 0 unspecified atom stereocenters. The van der Waals surface area contributed by atoms with Gasteiger partial charge in [0.05, 0.1) is 35.6 Å². The molecule has 8 nitrogen and oxygen atoms in total. The van der Waals surface area contributed by atoms with Crippen molar-refractivity contribution in [3.63, 3.8) is 0 Å². The monoisotopic (exact) mass is 338 g/mol. The molecule has 0 fully saturated rings. The second-order valence-electron chi connectivity index (χ2n) is 5.26. The van der Waals surface area contributed by atoms with Gasteiger partial charge in [-0.05, 0) is 18.2 Å². The first kappa shape index (κ1) is 16.5. The van der Waals surface area contributed by atoms with Crippen LogP contribution < -0.4 is 21.2 Å². The van der Waals surface area contributed by atoms with Gasteiger partial charge in [0, 0.05) is 6.07 Å². The summed E-state index contributed by atoms with van der Waals surface area (Å²) in [4.78, 5) is 4.40. The first-order valence-electron chi connectivity index (χ1n) is 7.59. The van der Waals surface area contributed by atoms with Crippen molar-refractivity contribution in [1.29, 1.82) is 5.41 Å². The third-order valence-corrected chi connectivity index (χ3v) is 3.50. The van der Waals surface area contributed by atoms with Crippen LogP contribution in [-0.2, 0) is 0 Å². The molecule has 128 valence electrons. The van der Waals surface area contributed by atoms with E-state index in [9.17, 15) is 0 Å². The number of amidine groups is 1. The molecule has 0 saturated heterocycles. The number of hydrogen-bond acceptors (Lipinski definition) is 7. The van der Waals surface area contributed by atoms with Gasteiger partial charge in [-0.2, -0.15) is 5.10 Å².